The van der Waals surface area contributed by atoms with E-state index < -0.39 is 0 Å². The smallest absolute Gasteiger partial charge is 0.267 e. The number of rotatable bonds is 5. The van der Waals surface area contributed by atoms with Crippen LogP contribution < -0.4 is 5.43 Å². The molecule has 1 amide bonds. The second-order valence-corrected chi connectivity index (χ2v) is 4.26. The average molecular weight is 232 g/mol. The molecule has 0 aromatic heterocycles. The molecular weight excluding hydrogens is 212 g/mol. The Hall–Kier alpha value is -1.64. The van der Waals surface area contributed by atoms with Crippen LogP contribution in [0.1, 0.15) is 49.0 Å². The normalized spacial score (nSPS) is 11.4. The van der Waals surface area contributed by atoms with Gasteiger partial charge in [0, 0.05) is 11.3 Å². The molecule has 0 saturated heterocycles. The summed E-state index contributed by atoms with van der Waals surface area (Å²) < 4.78 is 0. The maximum absolute atomic E-state index is 11.8. The van der Waals surface area contributed by atoms with Gasteiger partial charge in [0.2, 0.25) is 0 Å². The molecule has 0 aliphatic carbocycles. The summed E-state index contributed by atoms with van der Waals surface area (Å²) in [5, 5.41) is 4.08. The molecule has 1 aromatic rings. The molecular formula is C14H20N2O. The van der Waals surface area contributed by atoms with Crippen LogP contribution in [0.5, 0.6) is 0 Å². The summed E-state index contributed by atoms with van der Waals surface area (Å²) in [7, 11) is 0. The van der Waals surface area contributed by atoms with E-state index in [2.05, 4.69) is 17.5 Å². The monoisotopic (exact) mass is 232 g/mol. The molecule has 0 radical (unpaired) electrons. The van der Waals surface area contributed by atoms with Gasteiger partial charge in [-0.05, 0) is 38.8 Å². The van der Waals surface area contributed by atoms with Crippen LogP contribution in [0, 0.1) is 6.92 Å². The lowest BCUT2D eigenvalue weighted by Gasteiger charge is -2.03. The standard InChI is InChI=1S/C14H20N2O/c1-4-5-8-12(3)15-16-14(17)13-9-6-7-11(2)10-13/h6-7,9-10H,4-5,8H2,1-3H3,(H,16,17)/b15-12+. The van der Waals surface area contributed by atoms with Crippen LogP contribution in [-0.4, -0.2) is 11.6 Å². The van der Waals surface area contributed by atoms with E-state index in [1.807, 2.05) is 32.0 Å². The van der Waals surface area contributed by atoms with Crippen molar-refractivity contribution in [3.63, 3.8) is 0 Å². The molecule has 0 spiro atoms. The highest BCUT2D eigenvalue weighted by atomic mass is 16.2. The number of hydrogen-bond donors (Lipinski definition) is 1. The Labute approximate surface area is 103 Å². The number of benzene rings is 1. The first-order chi connectivity index (χ1) is 8.13. The van der Waals surface area contributed by atoms with Crippen molar-refractivity contribution in [2.75, 3.05) is 0 Å². The summed E-state index contributed by atoms with van der Waals surface area (Å²) in [4.78, 5) is 11.8. The quantitative estimate of drug-likeness (QED) is 0.614. The minimum Gasteiger partial charge on any atom is -0.267 e. The third-order valence-electron chi connectivity index (χ3n) is 2.52. The van der Waals surface area contributed by atoms with Gasteiger partial charge in [0.15, 0.2) is 0 Å². The summed E-state index contributed by atoms with van der Waals surface area (Å²) in [5.41, 5.74) is 5.27. The molecule has 0 heterocycles. The van der Waals surface area contributed by atoms with Gasteiger partial charge in [-0.25, -0.2) is 5.43 Å². The van der Waals surface area contributed by atoms with Crippen LogP contribution in [0.4, 0.5) is 0 Å². The lowest BCUT2D eigenvalue weighted by Crippen LogP contribution is -2.19. The Balaban J connectivity index is 2.55. The Morgan fingerprint density at radius 2 is 2.18 bits per heavy atom. The molecule has 17 heavy (non-hydrogen) atoms. The molecule has 0 atom stereocenters. The Morgan fingerprint density at radius 1 is 1.41 bits per heavy atom. The predicted molar refractivity (Wildman–Crippen MR) is 71.3 cm³/mol. The van der Waals surface area contributed by atoms with E-state index >= 15 is 0 Å². The number of amides is 1. The highest BCUT2D eigenvalue weighted by Crippen LogP contribution is 2.03. The minimum atomic E-state index is -0.149. The number of carbonyl (C=O) groups excluding carboxylic acids is 1. The van der Waals surface area contributed by atoms with Gasteiger partial charge in [0.05, 0.1) is 0 Å². The maximum atomic E-state index is 11.8. The SMILES string of the molecule is CCCC/C(C)=N/NC(=O)c1cccc(C)c1. The van der Waals surface area contributed by atoms with Crippen molar-refractivity contribution >= 4 is 11.6 Å². The Bertz CT molecular complexity index is 410. The lowest BCUT2D eigenvalue weighted by atomic mass is 10.1. The first kappa shape index (κ1) is 13.4. The summed E-state index contributed by atoms with van der Waals surface area (Å²) in [6, 6.07) is 7.48. The third-order valence-corrected chi connectivity index (χ3v) is 2.52. The Morgan fingerprint density at radius 3 is 2.82 bits per heavy atom. The van der Waals surface area contributed by atoms with E-state index in [9.17, 15) is 4.79 Å². The van der Waals surface area contributed by atoms with E-state index in [0.29, 0.717) is 5.56 Å². The van der Waals surface area contributed by atoms with Gasteiger partial charge in [-0.1, -0.05) is 31.0 Å². The molecule has 1 rings (SSSR count). The fourth-order valence-corrected chi connectivity index (χ4v) is 1.49. The van der Waals surface area contributed by atoms with Crippen LogP contribution in [-0.2, 0) is 0 Å². The number of nitrogens with zero attached hydrogens (tertiary/aromatic N) is 1. The molecule has 3 heteroatoms. The van der Waals surface area contributed by atoms with Crippen molar-refractivity contribution in [2.45, 2.75) is 40.0 Å². The number of hydrogen-bond acceptors (Lipinski definition) is 2. The zero-order valence-corrected chi connectivity index (χ0v) is 10.8. The number of hydrazone groups is 1. The predicted octanol–water partition coefficient (Wildman–Crippen LogP) is 3.29. The average Bonchev–Trinajstić information content (AvgIpc) is 2.33. The number of carbonyl (C=O) groups is 1. The molecule has 0 aliphatic heterocycles. The number of unbranched alkanes of at least 4 members (excludes halogenated alkanes) is 1. The van der Waals surface area contributed by atoms with Crippen molar-refractivity contribution < 1.29 is 4.79 Å². The van der Waals surface area contributed by atoms with Crippen molar-refractivity contribution in [1.29, 1.82) is 0 Å². The van der Waals surface area contributed by atoms with Gasteiger partial charge in [-0.15, -0.1) is 0 Å². The van der Waals surface area contributed by atoms with Crippen LogP contribution in [0.25, 0.3) is 0 Å². The largest absolute Gasteiger partial charge is 0.271 e. The maximum Gasteiger partial charge on any atom is 0.271 e. The summed E-state index contributed by atoms with van der Waals surface area (Å²) in [5.74, 6) is -0.149. The summed E-state index contributed by atoms with van der Waals surface area (Å²) >= 11 is 0. The second kappa shape index (κ2) is 6.84. The van der Waals surface area contributed by atoms with E-state index in [1.165, 1.54) is 0 Å². The van der Waals surface area contributed by atoms with Gasteiger partial charge in [0.1, 0.15) is 0 Å². The minimum absolute atomic E-state index is 0.149. The van der Waals surface area contributed by atoms with E-state index in [1.54, 1.807) is 6.07 Å². The van der Waals surface area contributed by atoms with Gasteiger partial charge >= 0.3 is 0 Å². The molecule has 0 aliphatic rings. The van der Waals surface area contributed by atoms with Crippen LogP contribution in [0.3, 0.4) is 0 Å². The van der Waals surface area contributed by atoms with Crippen molar-refractivity contribution in [3.05, 3.63) is 35.4 Å². The molecule has 92 valence electrons. The van der Waals surface area contributed by atoms with Crippen LogP contribution in [0.15, 0.2) is 29.4 Å². The first-order valence-electron chi connectivity index (χ1n) is 6.03. The van der Waals surface area contributed by atoms with Crippen LogP contribution in [0.2, 0.25) is 0 Å². The van der Waals surface area contributed by atoms with Crippen molar-refractivity contribution in [1.82, 2.24) is 5.43 Å². The van der Waals surface area contributed by atoms with Gasteiger partial charge < -0.3 is 0 Å². The topological polar surface area (TPSA) is 41.5 Å². The first-order valence-corrected chi connectivity index (χ1v) is 6.03. The molecule has 3 nitrogen and oxygen atoms in total. The molecule has 1 aromatic carbocycles. The Kier molecular flexibility index (Phi) is 5.40. The zero-order chi connectivity index (χ0) is 12.7. The van der Waals surface area contributed by atoms with Crippen LogP contribution >= 0.6 is 0 Å². The molecule has 1 N–H and O–H groups in total. The molecule has 0 saturated carbocycles. The number of nitrogens with one attached hydrogen (secondary N) is 1. The van der Waals surface area contributed by atoms with E-state index in [4.69, 9.17) is 0 Å². The van der Waals surface area contributed by atoms with E-state index in [-0.39, 0.29) is 5.91 Å². The summed E-state index contributed by atoms with van der Waals surface area (Å²) in [6.07, 6.45) is 3.18. The van der Waals surface area contributed by atoms with E-state index in [0.717, 1.165) is 30.5 Å². The zero-order valence-electron chi connectivity index (χ0n) is 10.8. The van der Waals surface area contributed by atoms with Crippen molar-refractivity contribution in [2.24, 2.45) is 5.10 Å². The molecule has 0 unspecified atom stereocenters. The highest BCUT2D eigenvalue weighted by Gasteiger charge is 2.03. The number of aryl methyl sites for hydroxylation is 1. The fourth-order valence-electron chi connectivity index (χ4n) is 1.49. The summed E-state index contributed by atoms with van der Waals surface area (Å²) in [6.45, 7) is 6.04. The van der Waals surface area contributed by atoms with Gasteiger partial charge in [-0.2, -0.15) is 5.10 Å². The third kappa shape index (κ3) is 4.81. The fraction of sp³-hybridized carbons (Fsp3) is 0.429. The lowest BCUT2D eigenvalue weighted by molar-refractivity contribution is 0.0954. The highest BCUT2D eigenvalue weighted by molar-refractivity contribution is 5.95. The molecule has 0 bridgehead atoms. The van der Waals surface area contributed by atoms with Gasteiger partial charge in [-0.3, -0.25) is 4.79 Å². The van der Waals surface area contributed by atoms with Gasteiger partial charge in [0.25, 0.3) is 5.91 Å². The molecule has 0 fully saturated rings. The second-order valence-electron chi connectivity index (χ2n) is 4.26. The van der Waals surface area contributed by atoms with Crippen molar-refractivity contribution in [3.8, 4) is 0 Å².